The summed E-state index contributed by atoms with van der Waals surface area (Å²) in [7, 11) is -5.63. The van der Waals surface area contributed by atoms with Gasteiger partial charge in [0.25, 0.3) is 0 Å². The van der Waals surface area contributed by atoms with Gasteiger partial charge in [0.1, 0.15) is 0 Å². The normalized spacial score (nSPS) is 17.0. The monoisotopic (exact) mass is 388 g/mol. The zero-order chi connectivity index (χ0) is 18.7. The van der Waals surface area contributed by atoms with Crippen LogP contribution < -0.4 is 3.71 Å². The third-order valence-corrected chi connectivity index (χ3v) is 7.95. The van der Waals surface area contributed by atoms with Crippen LogP contribution in [0.25, 0.3) is 0 Å². The Morgan fingerprint density at radius 2 is 1.44 bits per heavy atom. The number of likely N-dealkylation sites (N-methyl/N-ethyl adjacent to an activating group) is 1. The molecule has 6 nitrogen and oxygen atoms in total. The van der Waals surface area contributed by atoms with Crippen molar-refractivity contribution >= 4 is 25.7 Å². The zero-order valence-electron chi connectivity index (χ0n) is 15.2. The molecule has 1 saturated carbocycles. The predicted molar refractivity (Wildman–Crippen MR) is 102 cm³/mol. The molecule has 2 rings (SSSR count). The fourth-order valence-electron chi connectivity index (χ4n) is 3.42. The second-order valence-electron chi connectivity index (χ2n) is 6.91. The highest BCUT2D eigenvalue weighted by molar-refractivity contribution is 8.09. The molecule has 0 unspecified atom stereocenters. The maximum Gasteiger partial charge on any atom is 0.245 e. The topological polar surface area (TPSA) is 74.8 Å². The van der Waals surface area contributed by atoms with Crippen LogP contribution in [-0.2, 0) is 26.5 Å². The van der Waals surface area contributed by atoms with Crippen molar-refractivity contribution in [2.45, 2.75) is 44.6 Å². The van der Waals surface area contributed by atoms with Gasteiger partial charge >= 0.3 is 0 Å². The summed E-state index contributed by atoms with van der Waals surface area (Å²) in [5.74, 6) is 0. The van der Waals surface area contributed by atoms with Gasteiger partial charge in [0.2, 0.25) is 20.0 Å². The SMILES string of the molecule is CN(CCc1ccc(N(S(C)(=O)=O)S(C)(=O)=O)cc1)C1CCCCC1. The van der Waals surface area contributed by atoms with Crippen LogP contribution in [0.15, 0.2) is 24.3 Å². The van der Waals surface area contributed by atoms with E-state index in [1.807, 2.05) is 0 Å². The second-order valence-corrected chi connectivity index (χ2v) is 10.8. The van der Waals surface area contributed by atoms with Crippen LogP contribution in [-0.4, -0.2) is 53.9 Å². The third kappa shape index (κ3) is 5.69. The fourth-order valence-corrected chi connectivity index (χ4v) is 6.40. The lowest BCUT2D eigenvalue weighted by Gasteiger charge is -2.31. The van der Waals surface area contributed by atoms with Gasteiger partial charge in [0.15, 0.2) is 0 Å². The van der Waals surface area contributed by atoms with Crippen LogP contribution in [0.1, 0.15) is 37.7 Å². The van der Waals surface area contributed by atoms with Gasteiger partial charge in [-0.2, -0.15) is 3.71 Å². The molecule has 142 valence electrons. The molecule has 1 aliphatic rings. The Balaban J connectivity index is 2.04. The predicted octanol–water partition coefficient (Wildman–Crippen LogP) is 2.22. The maximum atomic E-state index is 11.8. The van der Waals surface area contributed by atoms with Crippen molar-refractivity contribution in [1.29, 1.82) is 0 Å². The number of rotatable bonds is 7. The van der Waals surface area contributed by atoms with Crippen LogP contribution in [0.2, 0.25) is 0 Å². The van der Waals surface area contributed by atoms with Crippen molar-refractivity contribution in [3.8, 4) is 0 Å². The van der Waals surface area contributed by atoms with Crippen LogP contribution in [0.5, 0.6) is 0 Å². The Morgan fingerprint density at radius 3 is 1.92 bits per heavy atom. The van der Waals surface area contributed by atoms with Crippen LogP contribution in [0, 0.1) is 0 Å². The summed E-state index contributed by atoms with van der Waals surface area (Å²) in [6.45, 7) is 0.936. The molecular weight excluding hydrogens is 360 g/mol. The van der Waals surface area contributed by atoms with Crippen LogP contribution in [0.4, 0.5) is 5.69 Å². The number of hydrogen-bond donors (Lipinski definition) is 0. The average Bonchev–Trinajstić information content (AvgIpc) is 2.52. The van der Waals surface area contributed by atoms with E-state index in [0.717, 1.165) is 31.0 Å². The minimum Gasteiger partial charge on any atom is -0.303 e. The number of nitrogens with zero attached hydrogens (tertiary/aromatic N) is 2. The van der Waals surface area contributed by atoms with Crippen molar-refractivity contribution in [3.63, 3.8) is 0 Å². The summed E-state index contributed by atoms with van der Waals surface area (Å²) in [5.41, 5.74) is 1.21. The summed E-state index contributed by atoms with van der Waals surface area (Å²) in [5, 5.41) is 0. The summed E-state index contributed by atoms with van der Waals surface area (Å²) in [6.07, 6.45) is 9.09. The third-order valence-electron chi connectivity index (χ3n) is 4.70. The van der Waals surface area contributed by atoms with Crippen LogP contribution >= 0.6 is 0 Å². The molecule has 1 fully saturated rings. The number of benzene rings is 1. The molecule has 0 heterocycles. The number of anilines is 1. The summed E-state index contributed by atoms with van der Waals surface area (Å²) in [6, 6.07) is 7.36. The van der Waals surface area contributed by atoms with Gasteiger partial charge < -0.3 is 4.90 Å². The second kappa shape index (κ2) is 8.05. The molecule has 0 spiro atoms. The van der Waals surface area contributed by atoms with Gasteiger partial charge in [-0.3, -0.25) is 0 Å². The summed E-state index contributed by atoms with van der Waals surface area (Å²) in [4.78, 5) is 2.40. The Morgan fingerprint density at radius 1 is 0.920 bits per heavy atom. The Bertz CT molecular complexity index is 735. The Kier molecular flexibility index (Phi) is 6.51. The van der Waals surface area contributed by atoms with E-state index in [1.54, 1.807) is 24.3 Å². The van der Waals surface area contributed by atoms with Gasteiger partial charge in [0.05, 0.1) is 18.2 Å². The van der Waals surface area contributed by atoms with Crippen molar-refractivity contribution in [1.82, 2.24) is 4.90 Å². The molecule has 0 aliphatic heterocycles. The van der Waals surface area contributed by atoms with Gasteiger partial charge in [-0.05, 0) is 44.0 Å². The molecule has 0 bridgehead atoms. The molecule has 1 aromatic carbocycles. The van der Waals surface area contributed by atoms with Crippen LogP contribution in [0.3, 0.4) is 0 Å². The molecule has 0 saturated heterocycles. The fraction of sp³-hybridized carbons (Fsp3) is 0.647. The number of hydrogen-bond acceptors (Lipinski definition) is 5. The largest absolute Gasteiger partial charge is 0.303 e. The smallest absolute Gasteiger partial charge is 0.245 e. The van der Waals surface area contributed by atoms with Gasteiger partial charge in [-0.25, -0.2) is 16.8 Å². The van der Waals surface area contributed by atoms with Gasteiger partial charge in [-0.15, -0.1) is 0 Å². The lowest BCUT2D eigenvalue weighted by Crippen LogP contribution is -2.35. The van der Waals surface area contributed by atoms with Crippen molar-refractivity contribution in [2.75, 3.05) is 29.8 Å². The van der Waals surface area contributed by atoms with E-state index in [9.17, 15) is 16.8 Å². The molecule has 0 aromatic heterocycles. The van der Waals surface area contributed by atoms with E-state index >= 15 is 0 Å². The highest BCUT2D eigenvalue weighted by atomic mass is 32.3. The molecule has 8 heteroatoms. The van der Waals surface area contributed by atoms with Crippen molar-refractivity contribution in [2.24, 2.45) is 0 Å². The van der Waals surface area contributed by atoms with E-state index < -0.39 is 20.0 Å². The molecule has 0 radical (unpaired) electrons. The van der Waals surface area contributed by atoms with Gasteiger partial charge in [-0.1, -0.05) is 31.4 Å². The van der Waals surface area contributed by atoms with E-state index in [2.05, 4.69) is 11.9 Å². The molecule has 25 heavy (non-hydrogen) atoms. The van der Waals surface area contributed by atoms with Crippen molar-refractivity contribution in [3.05, 3.63) is 29.8 Å². The molecule has 1 aliphatic carbocycles. The van der Waals surface area contributed by atoms with E-state index in [1.165, 1.54) is 32.1 Å². The maximum absolute atomic E-state index is 11.8. The Hall–Kier alpha value is -1.12. The lowest BCUT2D eigenvalue weighted by atomic mass is 9.94. The van der Waals surface area contributed by atoms with Gasteiger partial charge in [0, 0.05) is 12.6 Å². The molecule has 0 atom stereocenters. The first kappa shape index (κ1) is 20.2. The lowest BCUT2D eigenvalue weighted by molar-refractivity contribution is 0.194. The standard InChI is InChI=1S/C17H28N2O4S2/c1-18(16-7-5-4-6-8-16)14-13-15-9-11-17(12-10-15)19(24(2,20)21)25(3,22)23/h9-12,16H,4-8,13-14H2,1-3H3. The summed E-state index contributed by atoms with van der Waals surface area (Å²) < 4.78 is 47.6. The quantitative estimate of drug-likeness (QED) is 0.716. The Labute approximate surface area is 151 Å². The minimum atomic E-state index is -3.89. The van der Waals surface area contributed by atoms with E-state index in [0.29, 0.717) is 9.75 Å². The van der Waals surface area contributed by atoms with E-state index in [4.69, 9.17) is 0 Å². The highest BCUT2D eigenvalue weighted by Gasteiger charge is 2.27. The zero-order valence-corrected chi connectivity index (χ0v) is 16.8. The summed E-state index contributed by atoms with van der Waals surface area (Å²) >= 11 is 0. The number of sulfonamides is 2. The molecular formula is C17H28N2O4S2. The van der Waals surface area contributed by atoms with Crippen molar-refractivity contribution < 1.29 is 16.8 Å². The average molecular weight is 389 g/mol. The first-order valence-electron chi connectivity index (χ1n) is 8.58. The minimum absolute atomic E-state index is 0.148. The molecule has 0 amide bonds. The van der Waals surface area contributed by atoms with E-state index in [-0.39, 0.29) is 5.69 Å². The molecule has 1 aromatic rings. The highest BCUT2D eigenvalue weighted by Crippen LogP contribution is 2.23. The molecule has 0 N–H and O–H groups in total. The first-order valence-corrected chi connectivity index (χ1v) is 12.3. The first-order chi connectivity index (χ1) is 11.6.